The van der Waals surface area contributed by atoms with Crippen LogP contribution in [0.25, 0.3) is 0 Å². The summed E-state index contributed by atoms with van der Waals surface area (Å²) in [5, 5.41) is 0. The van der Waals surface area contributed by atoms with Gasteiger partial charge in [-0.2, -0.15) is 0 Å². The number of carbonyl (C=O) groups is 1. The van der Waals surface area contributed by atoms with Crippen LogP contribution in [0.1, 0.15) is 30.6 Å². The van der Waals surface area contributed by atoms with Gasteiger partial charge in [-0.3, -0.25) is 4.79 Å². The molecule has 0 spiro atoms. The Labute approximate surface area is 159 Å². The maximum Gasteiger partial charge on any atom is 0.254 e. The fourth-order valence-corrected chi connectivity index (χ4v) is 6.53. The monoisotopic (exact) mass is 416 g/mol. The number of nitrogens with one attached hydrogen (secondary N) is 1. The molecular formula is C17H24N2O6S2. The van der Waals surface area contributed by atoms with Crippen LogP contribution in [0.5, 0.6) is 0 Å². The molecule has 3 atom stereocenters. The van der Waals surface area contributed by atoms with Gasteiger partial charge in [-0.05, 0) is 44.5 Å². The van der Waals surface area contributed by atoms with E-state index in [-0.39, 0.29) is 40.9 Å². The SMILES string of the molecule is C[C@@H]1CN(C(=O)c2ccc(S(=O)(=O)N[C@H]3CCS(=O)(=O)C3)cc2)C[C@H](C)O1. The third-order valence-electron chi connectivity index (χ3n) is 4.67. The van der Waals surface area contributed by atoms with Crippen molar-refractivity contribution in [2.24, 2.45) is 0 Å². The van der Waals surface area contributed by atoms with Gasteiger partial charge in [0.2, 0.25) is 10.0 Å². The lowest BCUT2D eigenvalue weighted by Crippen LogP contribution is -2.48. The van der Waals surface area contributed by atoms with Gasteiger partial charge in [-0.25, -0.2) is 21.6 Å². The van der Waals surface area contributed by atoms with Gasteiger partial charge in [0.05, 0.1) is 28.6 Å². The molecule has 1 aromatic carbocycles. The standard InChI is InChI=1S/C17H24N2O6S2/c1-12-9-19(10-13(2)25-12)17(20)14-3-5-16(6-4-14)27(23,24)18-15-7-8-26(21,22)11-15/h3-6,12-13,15,18H,7-11H2,1-2H3/t12-,13+,15-/m0/s1. The lowest BCUT2D eigenvalue weighted by molar-refractivity contribution is -0.0586. The number of sulfonamides is 1. The Morgan fingerprint density at radius 1 is 1.15 bits per heavy atom. The van der Waals surface area contributed by atoms with Crippen LogP contribution < -0.4 is 4.72 Å². The van der Waals surface area contributed by atoms with Crippen LogP contribution in [0.4, 0.5) is 0 Å². The maximum atomic E-state index is 12.6. The number of carbonyl (C=O) groups excluding carboxylic acids is 1. The molecule has 3 rings (SSSR count). The zero-order valence-corrected chi connectivity index (χ0v) is 16.9. The first-order valence-corrected chi connectivity index (χ1v) is 12.1. The highest BCUT2D eigenvalue weighted by Crippen LogP contribution is 2.18. The fraction of sp³-hybridized carbons (Fsp3) is 0.588. The summed E-state index contributed by atoms with van der Waals surface area (Å²) in [5.41, 5.74) is 0.402. The number of ether oxygens (including phenoxy) is 1. The number of nitrogens with zero attached hydrogens (tertiary/aromatic N) is 1. The minimum atomic E-state index is -3.84. The minimum Gasteiger partial charge on any atom is -0.372 e. The van der Waals surface area contributed by atoms with Crippen LogP contribution in [0.2, 0.25) is 0 Å². The Morgan fingerprint density at radius 2 is 1.74 bits per heavy atom. The molecule has 27 heavy (non-hydrogen) atoms. The summed E-state index contributed by atoms with van der Waals surface area (Å²) in [6.07, 6.45) is 0.166. The molecule has 2 aliphatic rings. The molecule has 0 radical (unpaired) electrons. The van der Waals surface area contributed by atoms with Gasteiger partial charge < -0.3 is 9.64 Å². The van der Waals surface area contributed by atoms with Crippen molar-refractivity contribution in [3.63, 3.8) is 0 Å². The molecule has 2 saturated heterocycles. The van der Waals surface area contributed by atoms with Gasteiger partial charge in [0.15, 0.2) is 9.84 Å². The van der Waals surface area contributed by atoms with Gasteiger partial charge in [0.1, 0.15) is 0 Å². The third kappa shape index (κ3) is 4.87. The Hall–Kier alpha value is -1.49. The quantitative estimate of drug-likeness (QED) is 0.761. The largest absolute Gasteiger partial charge is 0.372 e. The van der Waals surface area contributed by atoms with Crippen molar-refractivity contribution in [2.45, 2.75) is 43.4 Å². The van der Waals surface area contributed by atoms with E-state index in [9.17, 15) is 21.6 Å². The summed E-state index contributed by atoms with van der Waals surface area (Å²) in [4.78, 5) is 14.3. The minimum absolute atomic E-state index is 0.00654. The molecule has 150 valence electrons. The first-order valence-electron chi connectivity index (χ1n) is 8.83. The van der Waals surface area contributed by atoms with Crippen LogP contribution in [0, 0.1) is 0 Å². The summed E-state index contributed by atoms with van der Waals surface area (Å²) in [6.45, 7) is 4.78. The molecule has 1 amide bonds. The molecule has 0 aromatic heterocycles. The van der Waals surface area contributed by atoms with Crippen molar-refractivity contribution in [3.8, 4) is 0 Å². The van der Waals surface area contributed by atoms with Gasteiger partial charge in [0.25, 0.3) is 5.91 Å². The fourth-order valence-electron chi connectivity index (χ4n) is 3.48. The smallest absolute Gasteiger partial charge is 0.254 e. The number of hydrogen-bond acceptors (Lipinski definition) is 6. The highest BCUT2D eigenvalue weighted by atomic mass is 32.2. The summed E-state index contributed by atoms with van der Waals surface area (Å²) < 4.78 is 55.9. The van der Waals surface area contributed by atoms with E-state index < -0.39 is 25.9 Å². The van der Waals surface area contributed by atoms with Crippen molar-refractivity contribution in [1.29, 1.82) is 0 Å². The third-order valence-corrected chi connectivity index (χ3v) is 7.98. The normalized spacial score (nSPS) is 28.2. The van der Waals surface area contributed by atoms with Gasteiger partial charge >= 0.3 is 0 Å². The average Bonchev–Trinajstić information content (AvgIpc) is 2.91. The van der Waals surface area contributed by atoms with Crippen LogP contribution in [0.15, 0.2) is 29.2 Å². The lowest BCUT2D eigenvalue weighted by Gasteiger charge is -2.35. The van der Waals surface area contributed by atoms with Crippen LogP contribution in [-0.2, 0) is 24.6 Å². The Morgan fingerprint density at radius 3 is 2.26 bits per heavy atom. The van der Waals surface area contributed by atoms with Crippen LogP contribution in [-0.4, -0.2) is 70.5 Å². The van der Waals surface area contributed by atoms with Gasteiger partial charge in [-0.1, -0.05) is 0 Å². The molecule has 10 heteroatoms. The van der Waals surface area contributed by atoms with Crippen LogP contribution >= 0.6 is 0 Å². The molecule has 2 heterocycles. The van der Waals surface area contributed by atoms with Gasteiger partial charge in [-0.15, -0.1) is 0 Å². The van der Waals surface area contributed by atoms with E-state index in [1.165, 1.54) is 24.3 Å². The summed E-state index contributed by atoms with van der Waals surface area (Å²) in [6, 6.07) is 5.08. The molecule has 8 nitrogen and oxygen atoms in total. The molecule has 0 unspecified atom stereocenters. The Bertz CT molecular complexity index is 901. The van der Waals surface area contributed by atoms with E-state index in [2.05, 4.69) is 4.72 Å². The van der Waals surface area contributed by atoms with E-state index in [0.717, 1.165) is 0 Å². The van der Waals surface area contributed by atoms with Gasteiger partial charge in [0, 0.05) is 24.7 Å². The van der Waals surface area contributed by atoms with Crippen molar-refractivity contribution >= 4 is 25.8 Å². The number of morpholine rings is 1. The molecule has 2 fully saturated rings. The molecule has 0 saturated carbocycles. The number of benzene rings is 1. The zero-order valence-electron chi connectivity index (χ0n) is 15.3. The molecule has 1 aromatic rings. The molecule has 0 aliphatic carbocycles. The average molecular weight is 417 g/mol. The van der Waals surface area contributed by atoms with E-state index >= 15 is 0 Å². The van der Waals surface area contributed by atoms with Crippen molar-refractivity contribution in [1.82, 2.24) is 9.62 Å². The molecule has 2 aliphatic heterocycles. The number of hydrogen-bond donors (Lipinski definition) is 1. The second-order valence-corrected chi connectivity index (χ2v) is 11.2. The molecule has 1 N–H and O–H groups in total. The number of sulfone groups is 1. The van der Waals surface area contributed by atoms with Crippen LogP contribution in [0.3, 0.4) is 0 Å². The number of rotatable bonds is 4. The first-order chi connectivity index (χ1) is 12.6. The van der Waals surface area contributed by atoms with Crippen molar-refractivity contribution < 1.29 is 26.4 Å². The Balaban J connectivity index is 1.70. The van der Waals surface area contributed by atoms with E-state index in [1.54, 1.807) is 4.90 Å². The summed E-state index contributed by atoms with van der Waals surface area (Å²) >= 11 is 0. The predicted molar refractivity (Wildman–Crippen MR) is 99.7 cm³/mol. The predicted octanol–water partition coefficient (Wildman–Crippen LogP) is 0.401. The first kappa shape index (κ1) is 20.2. The van der Waals surface area contributed by atoms with E-state index in [0.29, 0.717) is 18.7 Å². The van der Waals surface area contributed by atoms with E-state index in [4.69, 9.17) is 4.74 Å². The zero-order chi connectivity index (χ0) is 19.8. The maximum absolute atomic E-state index is 12.6. The van der Waals surface area contributed by atoms with Crippen molar-refractivity contribution in [3.05, 3.63) is 29.8 Å². The van der Waals surface area contributed by atoms with E-state index in [1.807, 2.05) is 13.8 Å². The van der Waals surface area contributed by atoms with Crippen molar-refractivity contribution in [2.75, 3.05) is 24.6 Å². The second kappa shape index (κ2) is 7.50. The second-order valence-electron chi connectivity index (χ2n) is 7.21. The molecular weight excluding hydrogens is 392 g/mol. The highest BCUT2D eigenvalue weighted by molar-refractivity contribution is 7.92. The summed E-state index contributed by atoms with van der Waals surface area (Å²) in [5.74, 6) is -0.365. The highest BCUT2D eigenvalue weighted by Gasteiger charge is 2.32. The topological polar surface area (TPSA) is 110 Å². The lowest BCUT2D eigenvalue weighted by atomic mass is 10.1. The summed E-state index contributed by atoms with van der Waals surface area (Å²) in [7, 11) is -7.01. The number of amides is 1. The Kier molecular flexibility index (Phi) is 5.62. The molecule has 0 bridgehead atoms.